The summed E-state index contributed by atoms with van der Waals surface area (Å²) in [6.07, 6.45) is 0.788. The van der Waals surface area contributed by atoms with E-state index in [1.165, 1.54) is 11.3 Å². The van der Waals surface area contributed by atoms with Gasteiger partial charge in [0.05, 0.1) is 11.3 Å². The van der Waals surface area contributed by atoms with Crippen molar-refractivity contribution in [3.05, 3.63) is 69.5 Å². The average Bonchev–Trinajstić information content (AvgIpc) is 3.03. The largest absolute Gasteiger partial charge is 0.486 e. The van der Waals surface area contributed by atoms with Gasteiger partial charge in [-0.3, -0.25) is 4.79 Å². The average molecular weight is 330 g/mol. The SMILES string of the molecule is O=Cc1ccccc1OCc1nc(-c2ccc(Cl)cc2)cs1. The Morgan fingerprint density at radius 3 is 2.68 bits per heavy atom. The van der Waals surface area contributed by atoms with E-state index in [0.29, 0.717) is 22.9 Å². The van der Waals surface area contributed by atoms with Gasteiger partial charge in [0.1, 0.15) is 17.4 Å². The fourth-order valence-corrected chi connectivity index (χ4v) is 2.82. The van der Waals surface area contributed by atoms with Crippen LogP contribution < -0.4 is 4.74 Å². The van der Waals surface area contributed by atoms with E-state index < -0.39 is 0 Å². The summed E-state index contributed by atoms with van der Waals surface area (Å²) in [5, 5.41) is 3.53. The summed E-state index contributed by atoms with van der Waals surface area (Å²) in [6.45, 7) is 0.336. The summed E-state index contributed by atoms with van der Waals surface area (Å²) >= 11 is 7.41. The van der Waals surface area contributed by atoms with Crippen molar-refractivity contribution in [3.8, 4) is 17.0 Å². The molecule has 0 radical (unpaired) electrons. The lowest BCUT2D eigenvalue weighted by atomic mass is 10.2. The molecule has 3 rings (SSSR count). The van der Waals surface area contributed by atoms with E-state index in [1.54, 1.807) is 18.2 Å². The van der Waals surface area contributed by atoms with Crippen molar-refractivity contribution in [1.82, 2.24) is 4.98 Å². The summed E-state index contributed by atoms with van der Waals surface area (Å²) in [5.74, 6) is 0.570. The Kier molecular flexibility index (Phi) is 4.51. The number of aromatic nitrogens is 1. The van der Waals surface area contributed by atoms with E-state index in [1.807, 2.05) is 35.7 Å². The number of nitrogens with zero attached hydrogens (tertiary/aromatic N) is 1. The fourth-order valence-electron chi connectivity index (χ4n) is 1.98. The van der Waals surface area contributed by atoms with Crippen LogP contribution in [0.4, 0.5) is 0 Å². The third-order valence-corrected chi connectivity index (χ3v) is 4.16. The molecule has 0 N–H and O–H groups in total. The van der Waals surface area contributed by atoms with Crippen LogP contribution in [0.15, 0.2) is 53.9 Å². The lowest BCUT2D eigenvalue weighted by Crippen LogP contribution is -1.97. The van der Waals surface area contributed by atoms with Gasteiger partial charge in [-0.2, -0.15) is 0 Å². The Hall–Kier alpha value is -2.17. The van der Waals surface area contributed by atoms with Crippen LogP contribution in [0.3, 0.4) is 0 Å². The van der Waals surface area contributed by atoms with Crippen LogP contribution >= 0.6 is 22.9 Å². The summed E-state index contributed by atoms with van der Waals surface area (Å²) in [7, 11) is 0. The van der Waals surface area contributed by atoms with Gasteiger partial charge >= 0.3 is 0 Å². The molecule has 0 fully saturated rings. The zero-order chi connectivity index (χ0) is 15.4. The Labute approximate surface area is 137 Å². The normalized spacial score (nSPS) is 10.4. The minimum Gasteiger partial charge on any atom is -0.486 e. The van der Waals surface area contributed by atoms with Crippen molar-refractivity contribution >= 4 is 29.2 Å². The van der Waals surface area contributed by atoms with Crippen molar-refractivity contribution in [2.75, 3.05) is 0 Å². The predicted octanol–water partition coefficient (Wildman–Crippen LogP) is 4.86. The van der Waals surface area contributed by atoms with Crippen LogP contribution in [-0.4, -0.2) is 11.3 Å². The van der Waals surface area contributed by atoms with E-state index in [-0.39, 0.29) is 0 Å². The number of para-hydroxylation sites is 1. The van der Waals surface area contributed by atoms with E-state index in [9.17, 15) is 4.79 Å². The van der Waals surface area contributed by atoms with Gasteiger partial charge in [0.25, 0.3) is 0 Å². The maximum atomic E-state index is 11.0. The number of thiazole rings is 1. The number of rotatable bonds is 5. The molecule has 0 spiro atoms. The lowest BCUT2D eigenvalue weighted by Gasteiger charge is -2.05. The number of hydrogen-bond donors (Lipinski definition) is 0. The summed E-state index contributed by atoms with van der Waals surface area (Å²) in [4.78, 5) is 15.5. The third-order valence-electron chi connectivity index (χ3n) is 3.09. The molecule has 3 nitrogen and oxygen atoms in total. The monoisotopic (exact) mass is 329 g/mol. The molecule has 0 aliphatic rings. The van der Waals surface area contributed by atoms with Crippen molar-refractivity contribution in [2.24, 2.45) is 0 Å². The van der Waals surface area contributed by atoms with Gasteiger partial charge in [-0.15, -0.1) is 11.3 Å². The molecule has 0 atom stereocenters. The highest BCUT2D eigenvalue weighted by Gasteiger charge is 2.07. The topological polar surface area (TPSA) is 39.2 Å². The molecular formula is C17H12ClNO2S. The highest BCUT2D eigenvalue weighted by Crippen LogP contribution is 2.25. The molecule has 1 heterocycles. The molecule has 0 aliphatic heterocycles. The van der Waals surface area contributed by atoms with Crippen molar-refractivity contribution in [2.45, 2.75) is 6.61 Å². The standard InChI is InChI=1S/C17H12ClNO2S/c18-14-7-5-12(6-8-14)15-11-22-17(19-15)10-21-16-4-2-1-3-13(16)9-20/h1-9,11H,10H2. The Morgan fingerprint density at radius 2 is 1.91 bits per heavy atom. The van der Waals surface area contributed by atoms with Crippen molar-refractivity contribution in [1.29, 1.82) is 0 Å². The van der Waals surface area contributed by atoms with Crippen LogP contribution in [-0.2, 0) is 6.61 Å². The molecule has 0 aliphatic carbocycles. The summed E-state index contributed by atoms with van der Waals surface area (Å²) in [6, 6.07) is 14.7. The highest BCUT2D eigenvalue weighted by atomic mass is 35.5. The third kappa shape index (κ3) is 3.35. The molecule has 0 bridgehead atoms. The second-order valence-corrected chi connectivity index (χ2v) is 5.96. The zero-order valence-corrected chi connectivity index (χ0v) is 13.1. The van der Waals surface area contributed by atoms with E-state index in [2.05, 4.69) is 4.98 Å². The fraction of sp³-hybridized carbons (Fsp3) is 0.0588. The second kappa shape index (κ2) is 6.73. The minimum absolute atomic E-state index is 0.336. The summed E-state index contributed by atoms with van der Waals surface area (Å²) < 4.78 is 5.68. The van der Waals surface area contributed by atoms with Crippen LogP contribution in [0.1, 0.15) is 15.4 Å². The maximum Gasteiger partial charge on any atom is 0.153 e. The molecule has 0 unspecified atom stereocenters. The van der Waals surface area contributed by atoms with E-state index >= 15 is 0 Å². The minimum atomic E-state index is 0.336. The van der Waals surface area contributed by atoms with Gasteiger partial charge in [-0.25, -0.2) is 4.98 Å². The molecule has 0 amide bonds. The van der Waals surface area contributed by atoms with E-state index in [4.69, 9.17) is 16.3 Å². The zero-order valence-electron chi connectivity index (χ0n) is 11.5. The molecule has 0 saturated heterocycles. The molecule has 5 heteroatoms. The summed E-state index contributed by atoms with van der Waals surface area (Å²) in [5.41, 5.74) is 2.45. The van der Waals surface area contributed by atoms with Crippen LogP contribution in [0, 0.1) is 0 Å². The first-order valence-electron chi connectivity index (χ1n) is 6.63. The molecule has 22 heavy (non-hydrogen) atoms. The Bertz CT molecular complexity index is 783. The van der Waals surface area contributed by atoms with Gasteiger partial charge in [0.15, 0.2) is 6.29 Å². The molecule has 3 aromatic rings. The first-order chi connectivity index (χ1) is 10.8. The lowest BCUT2D eigenvalue weighted by molar-refractivity contribution is 0.111. The number of carbonyl (C=O) groups is 1. The first-order valence-corrected chi connectivity index (χ1v) is 7.89. The van der Waals surface area contributed by atoms with Gasteiger partial charge in [-0.1, -0.05) is 35.9 Å². The van der Waals surface area contributed by atoms with Gasteiger partial charge in [0, 0.05) is 16.0 Å². The predicted molar refractivity (Wildman–Crippen MR) is 88.7 cm³/mol. The smallest absolute Gasteiger partial charge is 0.153 e. The number of halogens is 1. The second-order valence-electron chi connectivity index (χ2n) is 4.58. The quantitative estimate of drug-likeness (QED) is 0.628. The van der Waals surface area contributed by atoms with Crippen molar-refractivity contribution < 1.29 is 9.53 Å². The first kappa shape index (κ1) is 14.8. The molecule has 110 valence electrons. The number of benzene rings is 2. The van der Waals surface area contributed by atoms with Gasteiger partial charge in [0.2, 0.25) is 0 Å². The van der Waals surface area contributed by atoms with Gasteiger partial charge < -0.3 is 4.74 Å². The number of ether oxygens (including phenoxy) is 1. The number of hydrogen-bond acceptors (Lipinski definition) is 4. The number of carbonyl (C=O) groups excluding carboxylic acids is 1. The molecule has 0 saturated carbocycles. The molecule has 2 aromatic carbocycles. The number of aldehydes is 1. The Morgan fingerprint density at radius 1 is 1.14 bits per heavy atom. The maximum absolute atomic E-state index is 11.0. The van der Waals surface area contributed by atoms with Gasteiger partial charge in [-0.05, 0) is 24.3 Å². The van der Waals surface area contributed by atoms with E-state index in [0.717, 1.165) is 22.6 Å². The van der Waals surface area contributed by atoms with Crippen molar-refractivity contribution in [3.63, 3.8) is 0 Å². The Balaban J connectivity index is 1.72. The van der Waals surface area contributed by atoms with Crippen LogP contribution in [0.5, 0.6) is 5.75 Å². The van der Waals surface area contributed by atoms with Crippen LogP contribution in [0.25, 0.3) is 11.3 Å². The molecular weight excluding hydrogens is 318 g/mol. The van der Waals surface area contributed by atoms with Crippen LogP contribution in [0.2, 0.25) is 5.02 Å². The highest BCUT2D eigenvalue weighted by molar-refractivity contribution is 7.09. The molecule has 1 aromatic heterocycles.